The van der Waals surface area contributed by atoms with Crippen molar-refractivity contribution in [2.45, 2.75) is 52.1 Å². The van der Waals surface area contributed by atoms with Gasteiger partial charge in [0.2, 0.25) is 23.0 Å². The molecule has 11 nitrogen and oxygen atoms in total. The Bertz CT molecular complexity index is 1670. The summed E-state index contributed by atoms with van der Waals surface area (Å²) >= 11 is 0. The maximum Gasteiger partial charge on any atom is 0.242 e. The molecule has 0 fully saturated rings. The Morgan fingerprint density at radius 2 is 1.55 bits per heavy atom. The van der Waals surface area contributed by atoms with Crippen LogP contribution in [0.4, 0.5) is 5.69 Å². The van der Waals surface area contributed by atoms with Crippen LogP contribution in [0.25, 0.3) is 11.1 Å². The minimum absolute atomic E-state index is 0.136. The zero-order chi connectivity index (χ0) is 34.2. The number of rotatable bonds is 13. The first-order valence-electron chi connectivity index (χ1n) is 15.6. The van der Waals surface area contributed by atoms with Crippen molar-refractivity contribution in [2.24, 2.45) is 5.92 Å². The molecule has 11 heteroatoms. The molecule has 4 rings (SSSR count). The van der Waals surface area contributed by atoms with Crippen molar-refractivity contribution >= 4 is 17.5 Å². The number of anilines is 1. The molecule has 47 heavy (non-hydrogen) atoms. The Hall–Kier alpha value is -4.93. The summed E-state index contributed by atoms with van der Waals surface area (Å²) in [6, 6.07) is 11.5. The molecule has 3 N–H and O–H groups in total. The van der Waals surface area contributed by atoms with Crippen molar-refractivity contribution in [2.75, 3.05) is 47.4 Å². The minimum atomic E-state index is -0.687. The van der Waals surface area contributed by atoms with Crippen LogP contribution in [0.1, 0.15) is 49.9 Å². The van der Waals surface area contributed by atoms with Crippen molar-refractivity contribution in [1.82, 2.24) is 10.6 Å². The maximum absolute atomic E-state index is 13.8. The van der Waals surface area contributed by atoms with Gasteiger partial charge in [0.1, 0.15) is 6.04 Å². The van der Waals surface area contributed by atoms with Gasteiger partial charge in [0, 0.05) is 19.0 Å². The lowest BCUT2D eigenvalue weighted by Gasteiger charge is -2.22. The van der Waals surface area contributed by atoms with E-state index < -0.39 is 12.1 Å². The second kappa shape index (κ2) is 15.6. The van der Waals surface area contributed by atoms with E-state index in [-0.39, 0.29) is 28.8 Å². The number of carbonyl (C=O) groups excluding carboxylic acids is 2. The average Bonchev–Trinajstić information content (AvgIpc) is 3.30. The van der Waals surface area contributed by atoms with E-state index in [0.29, 0.717) is 65.7 Å². The van der Waals surface area contributed by atoms with Crippen molar-refractivity contribution in [1.29, 1.82) is 0 Å². The Kier molecular flexibility index (Phi) is 11.6. The Balaban J connectivity index is 1.69. The van der Waals surface area contributed by atoms with Gasteiger partial charge in [-0.3, -0.25) is 14.4 Å². The van der Waals surface area contributed by atoms with E-state index >= 15 is 0 Å². The molecule has 0 saturated carbocycles. The smallest absolute Gasteiger partial charge is 0.242 e. The molecule has 0 radical (unpaired) electrons. The molecule has 1 aliphatic rings. The van der Waals surface area contributed by atoms with Crippen molar-refractivity contribution in [3.63, 3.8) is 0 Å². The van der Waals surface area contributed by atoms with Gasteiger partial charge < -0.3 is 39.6 Å². The summed E-state index contributed by atoms with van der Waals surface area (Å²) in [6.45, 7) is 5.68. The Morgan fingerprint density at radius 3 is 2.17 bits per heavy atom. The monoisotopic (exact) mass is 647 g/mol. The number of methoxy groups -OCH3 is 5. The molecular formula is C36H45N3O8. The molecule has 0 bridgehead atoms. The Labute approximate surface area is 275 Å². The van der Waals surface area contributed by atoms with Gasteiger partial charge in [0.05, 0.1) is 47.3 Å². The predicted molar refractivity (Wildman–Crippen MR) is 181 cm³/mol. The molecular weight excluding hydrogens is 602 g/mol. The van der Waals surface area contributed by atoms with E-state index in [0.717, 1.165) is 16.7 Å². The summed E-state index contributed by atoms with van der Waals surface area (Å²) in [4.78, 5) is 39.5. The third-order valence-electron chi connectivity index (χ3n) is 8.34. The number of benzene rings is 2. The molecule has 3 aromatic rings. The van der Waals surface area contributed by atoms with Crippen molar-refractivity contribution < 1.29 is 33.3 Å². The summed E-state index contributed by atoms with van der Waals surface area (Å²) in [5.74, 6) is 2.09. The second-order valence-corrected chi connectivity index (χ2v) is 11.7. The second-order valence-electron chi connectivity index (χ2n) is 11.7. The minimum Gasteiger partial charge on any atom is -0.493 e. The first kappa shape index (κ1) is 34.9. The Morgan fingerprint density at radius 1 is 0.851 bits per heavy atom. The normalized spacial score (nSPS) is 14.1. The summed E-state index contributed by atoms with van der Waals surface area (Å²) in [6.07, 6.45) is 1.71. The topological polar surface area (TPSA) is 133 Å². The molecule has 2 atom stereocenters. The SMILES string of the molecule is COc1ccc(CCNC(=O)[C@H](Nc2ccc3c(cc2=O)[C@H](NC(C)=O)CCc2cc(OC)c(OC)c(OC)c2-3)C(C)C)cc1OC. The van der Waals surface area contributed by atoms with Crippen LogP contribution >= 0.6 is 0 Å². The van der Waals surface area contributed by atoms with Gasteiger partial charge in [-0.2, -0.15) is 0 Å². The van der Waals surface area contributed by atoms with Crippen LogP contribution in [0.5, 0.6) is 28.7 Å². The zero-order valence-corrected chi connectivity index (χ0v) is 28.4. The molecule has 0 aliphatic heterocycles. The number of hydrogen-bond donors (Lipinski definition) is 3. The van der Waals surface area contributed by atoms with Crippen LogP contribution in [-0.2, 0) is 22.4 Å². The molecule has 252 valence electrons. The van der Waals surface area contributed by atoms with Crippen LogP contribution in [0, 0.1) is 5.92 Å². The molecule has 0 aromatic heterocycles. The van der Waals surface area contributed by atoms with Gasteiger partial charge in [-0.1, -0.05) is 26.0 Å². The fourth-order valence-electron chi connectivity index (χ4n) is 6.01. The molecule has 2 amide bonds. The van der Waals surface area contributed by atoms with E-state index in [4.69, 9.17) is 23.7 Å². The number of nitrogens with one attached hydrogen (secondary N) is 3. The van der Waals surface area contributed by atoms with E-state index in [1.165, 1.54) is 20.1 Å². The molecule has 0 spiro atoms. The van der Waals surface area contributed by atoms with Gasteiger partial charge in [-0.25, -0.2) is 0 Å². The van der Waals surface area contributed by atoms with Crippen molar-refractivity contribution in [3.05, 3.63) is 69.4 Å². The summed E-state index contributed by atoms with van der Waals surface area (Å²) in [5.41, 5.74) is 3.96. The number of aryl methyl sites for hydroxylation is 1. The highest BCUT2D eigenvalue weighted by Crippen LogP contribution is 2.50. The largest absolute Gasteiger partial charge is 0.493 e. The van der Waals surface area contributed by atoms with Gasteiger partial charge in [-0.15, -0.1) is 0 Å². The quantitative estimate of drug-likeness (QED) is 0.242. The van der Waals surface area contributed by atoms with E-state index in [1.54, 1.807) is 34.5 Å². The fourth-order valence-corrected chi connectivity index (χ4v) is 6.01. The summed E-state index contributed by atoms with van der Waals surface area (Å²) in [7, 11) is 7.82. The van der Waals surface area contributed by atoms with Crippen LogP contribution in [0.15, 0.2) is 47.3 Å². The van der Waals surface area contributed by atoms with E-state index in [9.17, 15) is 14.4 Å². The fraction of sp³-hybridized carbons (Fsp3) is 0.417. The van der Waals surface area contributed by atoms with Crippen LogP contribution in [-0.4, -0.2) is 59.9 Å². The van der Waals surface area contributed by atoms with Crippen molar-refractivity contribution in [3.8, 4) is 39.9 Å². The van der Waals surface area contributed by atoms with Gasteiger partial charge in [-0.05, 0) is 77.8 Å². The third kappa shape index (κ3) is 7.73. The molecule has 0 unspecified atom stereocenters. The summed E-state index contributed by atoms with van der Waals surface area (Å²) in [5, 5.41) is 9.23. The van der Waals surface area contributed by atoms with Gasteiger partial charge in [0.15, 0.2) is 23.0 Å². The molecule has 0 heterocycles. The molecule has 0 saturated heterocycles. The predicted octanol–water partition coefficient (Wildman–Crippen LogP) is 4.68. The zero-order valence-electron chi connectivity index (χ0n) is 28.4. The lowest BCUT2D eigenvalue weighted by Crippen LogP contribution is -2.44. The highest BCUT2D eigenvalue weighted by Gasteiger charge is 2.30. The number of hydrogen-bond acceptors (Lipinski definition) is 9. The lowest BCUT2D eigenvalue weighted by atomic mass is 9.95. The highest BCUT2D eigenvalue weighted by atomic mass is 16.5. The lowest BCUT2D eigenvalue weighted by molar-refractivity contribution is -0.122. The molecule has 1 aliphatic carbocycles. The number of carbonyl (C=O) groups is 2. The standard InChI is InChI=1S/C36H45N3O8/c1-20(2)33(36(42)37-16-15-22-9-14-29(43-4)30(17-22)44-5)39-27-13-11-24-25(19-28(27)41)26(38-21(3)40)12-10-23-18-31(45-6)34(46-7)35(47-8)32(23)24/h9,11,13-14,17-20,26,33H,10,12,15-16H2,1-8H3,(H,37,42)(H,38,40)(H,39,41)/t26-,33-/m1/s1. The van der Waals surface area contributed by atoms with Crippen LogP contribution in [0.2, 0.25) is 0 Å². The third-order valence-corrected chi connectivity index (χ3v) is 8.34. The van der Waals surface area contributed by atoms with Crippen LogP contribution < -0.4 is 45.1 Å². The molecule has 3 aromatic carbocycles. The van der Waals surface area contributed by atoms with Crippen LogP contribution in [0.3, 0.4) is 0 Å². The number of fused-ring (bicyclic) bond motifs is 3. The van der Waals surface area contributed by atoms with E-state index in [1.807, 2.05) is 44.2 Å². The average molecular weight is 648 g/mol. The maximum atomic E-state index is 13.8. The highest BCUT2D eigenvalue weighted by molar-refractivity contribution is 5.86. The summed E-state index contributed by atoms with van der Waals surface area (Å²) < 4.78 is 27.8. The first-order chi connectivity index (χ1) is 22.6. The van der Waals surface area contributed by atoms with Gasteiger partial charge >= 0.3 is 0 Å². The van der Waals surface area contributed by atoms with Gasteiger partial charge in [0.25, 0.3) is 0 Å². The van der Waals surface area contributed by atoms with E-state index in [2.05, 4.69) is 16.0 Å². The first-order valence-corrected chi connectivity index (χ1v) is 15.6. The number of amides is 2. The number of ether oxygens (including phenoxy) is 5.